The molecule has 184 valence electrons. The van der Waals surface area contributed by atoms with Crippen molar-refractivity contribution in [2.45, 2.75) is 98.2 Å². The van der Waals surface area contributed by atoms with E-state index < -0.39 is 0 Å². The number of aryl methyl sites for hydroxylation is 1. The van der Waals surface area contributed by atoms with Gasteiger partial charge >= 0.3 is 0 Å². The molecule has 0 bridgehead atoms. The number of amides is 1. The van der Waals surface area contributed by atoms with E-state index in [1.165, 1.54) is 10.6 Å². The molecule has 0 radical (unpaired) electrons. The van der Waals surface area contributed by atoms with E-state index in [9.17, 15) is 10.0 Å². The average Bonchev–Trinajstić information content (AvgIpc) is 2.71. The van der Waals surface area contributed by atoms with Crippen LogP contribution in [0.1, 0.15) is 79.7 Å². The molecule has 1 aromatic rings. The molecule has 1 unspecified atom stereocenters. The number of hydrogen-bond donors (Lipinski definition) is 3. The van der Waals surface area contributed by atoms with Crippen LogP contribution in [0.25, 0.3) is 0 Å². The van der Waals surface area contributed by atoms with Gasteiger partial charge in [0.2, 0.25) is 5.91 Å². The van der Waals surface area contributed by atoms with Crippen LogP contribution in [0.3, 0.4) is 0 Å². The molecule has 5 heteroatoms. The Labute approximate surface area is 203 Å². The SMILES string of the molecule is CC(C)CC/C=C/C(C)C(=O)NC1CC(C)(C)N(O)C(C)(C)C1.CS.Cc1ccccc1. The van der Waals surface area contributed by atoms with Crippen molar-refractivity contribution in [3.63, 3.8) is 0 Å². The minimum Gasteiger partial charge on any atom is -0.353 e. The van der Waals surface area contributed by atoms with Crippen LogP contribution < -0.4 is 5.32 Å². The molecule has 4 nitrogen and oxygen atoms in total. The lowest BCUT2D eigenvalue weighted by atomic mass is 9.79. The Hall–Kier alpha value is -1.30. The predicted octanol–water partition coefficient (Wildman–Crippen LogP) is 6.68. The largest absolute Gasteiger partial charge is 0.353 e. The number of allylic oxidation sites excluding steroid dienone is 1. The Kier molecular flexibility index (Phi) is 14.2. The molecule has 1 aliphatic rings. The van der Waals surface area contributed by atoms with Gasteiger partial charge in [-0.3, -0.25) is 4.79 Å². The minimum absolute atomic E-state index is 0.0776. The lowest BCUT2D eigenvalue weighted by molar-refractivity contribution is -0.246. The van der Waals surface area contributed by atoms with Gasteiger partial charge in [0.05, 0.1) is 5.92 Å². The minimum atomic E-state index is -0.337. The van der Waals surface area contributed by atoms with E-state index in [1.54, 1.807) is 6.26 Å². The number of rotatable bonds is 6. The van der Waals surface area contributed by atoms with E-state index in [1.807, 2.05) is 58.9 Å². The van der Waals surface area contributed by atoms with Gasteiger partial charge in [-0.05, 0) is 72.5 Å². The summed E-state index contributed by atoms with van der Waals surface area (Å²) in [5, 5.41) is 14.9. The van der Waals surface area contributed by atoms with Gasteiger partial charge < -0.3 is 10.5 Å². The summed E-state index contributed by atoms with van der Waals surface area (Å²) >= 11 is 3.53. The Bertz CT molecular complexity index is 653. The van der Waals surface area contributed by atoms with Gasteiger partial charge in [0.15, 0.2) is 0 Å². The van der Waals surface area contributed by atoms with E-state index in [0.717, 1.165) is 25.7 Å². The highest BCUT2D eigenvalue weighted by Gasteiger charge is 2.45. The van der Waals surface area contributed by atoms with Crippen LogP contribution in [-0.2, 0) is 4.79 Å². The number of nitrogens with one attached hydrogen (secondary N) is 1. The maximum absolute atomic E-state index is 12.4. The number of carbonyl (C=O) groups excluding carboxylic acids is 1. The van der Waals surface area contributed by atoms with Crippen molar-refractivity contribution in [2.75, 3.05) is 6.26 Å². The van der Waals surface area contributed by atoms with Gasteiger partial charge in [-0.1, -0.05) is 68.8 Å². The Balaban J connectivity index is 0.000000889. The van der Waals surface area contributed by atoms with Crippen LogP contribution in [0.2, 0.25) is 0 Å². The van der Waals surface area contributed by atoms with E-state index in [4.69, 9.17) is 0 Å². The average molecular weight is 465 g/mol. The molecule has 0 spiro atoms. The van der Waals surface area contributed by atoms with Gasteiger partial charge in [-0.15, -0.1) is 0 Å². The monoisotopic (exact) mass is 464 g/mol. The summed E-state index contributed by atoms with van der Waals surface area (Å²) in [7, 11) is 0. The molecule has 1 fully saturated rings. The highest BCUT2D eigenvalue weighted by molar-refractivity contribution is 7.79. The number of thiol groups is 1. The van der Waals surface area contributed by atoms with Crippen LogP contribution in [0, 0.1) is 18.8 Å². The second-order valence-electron chi connectivity index (χ2n) is 10.4. The van der Waals surface area contributed by atoms with E-state index in [2.05, 4.69) is 56.9 Å². The fourth-order valence-electron chi connectivity index (χ4n) is 4.06. The van der Waals surface area contributed by atoms with Gasteiger partial charge in [0.1, 0.15) is 0 Å². The quantitative estimate of drug-likeness (QED) is 0.325. The Morgan fingerprint density at radius 1 is 1.12 bits per heavy atom. The second kappa shape index (κ2) is 14.8. The summed E-state index contributed by atoms with van der Waals surface area (Å²) < 4.78 is 0. The fourth-order valence-corrected chi connectivity index (χ4v) is 4.06. The molecule has 0 aromatic heterocycles. The van der Waals surface area contributed by atoms with Crippen LogP contribution in [-0.4, -0.2) is 39.6 Å². The number of hydroxylamine groups is 2. The molecular formula is C27H48N2O2S. The van der Waals surface area contributed by atoms with Crippen LogP contribution in [0.4, 0.5) is 0 Å². The van der Waals surface area contributed by atoms with Crippen molar-refractivity contribution >= 4 is 18.5 Å². The summed E-state index contributed by atoms with van der Waals surface area (Å²) in [6, 6.07) is 10.4. The highest BCUT2D eigenvalue weighted by atomic mass is 32.1. The van der Waals surface area contributed by atoms with Crippen LogP contribution in [0.15, 0.2) is 42.5 Å². The number of hydrogen-bond acceptors (Lipinski definition) is 4. The summed E-state index contributed by atoms with van der Waals surface area (Å²) in [4.78, 5) is 12.4. The van der Waals surface area contributed by atoms with Crippen molar-refractivity contribution in [1.82, 2.24) is 10.4 Å². The first-order valence-corrected chi connectivity index (χ1v) is 12.7. The number of piperidine rings is 1. The molecule has 2 N–H and O–H groups in total. The first-order valence-electron chi connectivity index (χ1n) is 11.8. The van der Waals surface area contributed by atoms with Crippen molar-refractivity contribution in [3.05, 3.63) is 48.0 Å². The molecule has 32 heavy (non-hydrogen) atoms. The van der Waals surface area contributed by atoms with E-state index >= 15 is 0 Å². The number of benzene rings is 1. The maximum atomic E-state index is 12.4. The molecule has 2 rings (SSSR count). The zero-order chi connectivity index (χ0) is 24.9. The van der Waals surface area contributed by atoms with Crippen molar-refractivity contribution in [1.29, 1.82) is 0 Å². The normalized spacial score (nSPS) is 18.9. The van der Waals surface area contributed by atoms with Crippen LogP contribution >= 0.6 is 12.6 Å². The molecular weight excluding hydrogens is 416 g/mol. The third kappa shape index (κ3) is 11.5. The molecule has 1 amide bonds. The standard InChI is InChI=1S/C19H36N2O2.C7H8.CH4S/c1-14(2)10-8-9-11-15(3)17(22)20-16-12-18(4,5)21(23)19(6,7)13-16;1-7-5-3-2-4-6-7;1-2/h9,11,14-16,23H,8,10,12-13H2,1-7H3,(H,20,22);2-6H,1H3;2H,1H3/b11-9+;;. The topological polar surface area (TPSA) is 52.6 Å². The first kappa shape index (κ1) is 30.7. The summed E-state index contributed by atoms with van der Waals surface area (Å²) in [5.74, 6) is 0.659. The maximum Gasteiger partial charge on any atom is 0.226 e. The molecule has 1 saturated heterocycles. The molecule has 0 aliphatic carbocycles. The van der Waals surface area contributed by atoms with Gasteiger partial charge in [0.25, 0.3) is 0 Å². The third-order valence-electron chi connectivity index (χ3n) is 5.67. The van der Waals surface area contributed by atoms with Crippen molar-refractivity contribution < 1.29 is 10.0 Å². The van der Waals surface area contributed by atoms with Crippen molar-refractivity contribution in [3.8, 4) is 0 Å². The summed E-state index contributed by atoms with van der Waals surface area (Å²) in [6.45, 7) is 16.5. The van der Waals surface area contributed by atoms with Crippen molar-refractivity contribution in [2.24, 2.45) is 11.8 Å². The third-order valence-corrected chi connectivity index (χ3v) is 5.67. The Morgan fingerprint density at radius 3 is 2.03 bits per heavy atom. The highest BCUT2D eigenvalue weighted by Crippen LogP contribution is 2.36. The number of carbonyl (C=O) groups is 1. The van der Waals surface area contributed by atoms with Gasteiger partial charge in [0, 0.05) is 17.1 Å². The van der Waals surface area contributed by atoms with E-state index in [-0.39, 0.29) is 28.9 Å². The lowest BCUT2D eigenvalue weighted by Crippen LogP contribution is -2.63. The number of nitrogens with zero attached hydrogens (tertiary/aromatic N) is 1. The molecule has 1 aliphatic heterocycles. The van der Waals surface area contributed by atoms with Gasteiger partial charge in [-0.2, -0.15) is 17.7 Å². The van der Waals surface area contributed by atoms with Gasteiger partial charge in [-0.25, -0.2) is 0 Å². The Morgan fingerprint density at radius 2 is 1.62 bits per heavy atom. The lowest BCUT2D eigenvalue weighted by Gasteiger charge is -2.51. The summed E-state index contributed by atoms with van der Waals surface area (Å²) in [6.07, 6.45) is 9.51. The molecule has 1 aromatic carbocycles. The smallest absolute Gasteiger partial charge is 0.226 e. The van der Waals surface area contributed by atoms with E-state index in [0.29, 0.717) is 5.92 Å². The predicted molar refractivity (Wildman–Crippen MR) is 141 cm³/mol. The zero-order valence-electron chi connectivity index (χ0n) is 21.9. The molecule has 1 atom stereocenters. The summed E-state index contributed by atoms with van der Waals surface area (Å²) in [5.41, 5.74) is 0.647. The first-order chi connectivity index (χ1) is 14.8. The molecule has 1 heterocycles. The van der Waals surface area contributed by atoms with Crippen LogP contribution in [0.5, 0.6) is 0 Å². The fraction of sp³-hybridized carbons (Fsp3) is 0.667. The second-order valence-corrected chi connectivity index (χ2v) is 10.4. The zero-order valence-corrected chi connectivity index (χ0v) is 22.7. The molecule has 0 saturated carbocycles.